The van der Waals surface area contributed by atoms with E-state index in [1.165, 1.54) is 30.7 Å². The van der Waals surface area contributed by atoms with E-state index in [1.54, 1.807) is 15.9 Å². The summed E-state index contributed by atoms with van der Waals surface area (Å²) in [5.41, 5.74) is 1.08. The lowest BCUT2D eigenvalue weighted by atomic mass is 10.0. The van der Waals surface area contributed by atoms with E-state index in [-0.39, 0.29) is 29.5 Å². The molecule has 0 unspecified atom stereocenters. The SMILES string of the molecule is O=C(c1cnccn1)N1C[C@H]2CN(Cc3cccc(F)c3)C(=O)[C@H]2C1. The van der Waals surface area contributed by atoms with Gasteiger partial charge in [-0.25, -0.2) is 9.37 Å². The van der Waals surface area contributed by atoms with E-state index in [1.807, 2.05) is 6.07 Å². The Morgan fingerprint density at radius 2 is 2.12 bits per heavy atom. The van der Waals surface area contributed by atoms with Gasteiger partial charge >= 0.3 is 0 Å². The fraction of sp³-hybridized carbons (Fsp3) is 0.333. The highest BCUT2D eigenvalue weighted by molar-refractivity contribution is 5.93. The first-order valence-corrected chi connectivity index (χ1v) is 8.20. The normalized spacial score (nSPS) is 22.4. The van der Waals surface area contributed by atoms with Gasteiger partial charge in [0.25, 0.3) is 5.91 Å². The van der Waals surface area contributed by atoms with Crippen LogP contribution >= 0.6 is 0 Å². The van der Waals surface area contributed by atoms with Crippen LogP contribution in [0.25, 0.3) is 0 Å². The summed E-state index contributed by atoms with van der Waals surface area (Å²) < 4.78 is 13.3. The molecule has 2 aromatic rings. The third-order valence-corrected chi connectivity index (χ3v) is 4.86. The largest absolute Gasteiger partial charge is 0.338 e. The molecule has 2 atom stereocenters. The standard InChI is InChI=1S/C18H17FN4O2/c19-14-3-1-2-12(6-14)8-22-9-13-10-23(11-15(13)17(22)24)18(25)16-7-20-4-5-21-16/h1-7,13,15H,8-11H2/t13-,15+/m1/s1. The van der Waals surface area contributed by atoms with Crippen LogP contribution in [0.2, 0.25) is 0 Å². The number of aromatic nitrogens is 2. The van der Waals surface area contributed by atoms with Crippen molar-refractivity contribution < 1.29 is 14.0 Å². The van der Waals surface area contributed by atoms with E-state index in [0.717, 1.165) is 5.56 Å². The van der Waals surface area contributed by atoms with Gasteiger partial charge in [0, 0.05) is 44.5 Å². The number of likely N-dealkylation sites (tertiary alicyclic amines) is 2. The van der Waals surface area contributed by atoms with Gasteiger partial charge in [0.15, 0.2) is 0 Å². The summed E-state index contributed by atoms with van der Waals surface area (Å²) in [6.07, 6.45) is 4.44. The minimum atomic E-state index is -0.301. The molecule has 4 rings (SSSR count). The van der Waals surface area contributed by atoms with Crippen LogP contribution in [0.5, 0.6) is 0 Å². The van der Waals surface area contributed by atoms with E-state index < -0.39 is 0 Å². The average molecular weight is 340 g/mol. The number of nitrogens with zero attached hydrogens (tertiary/aromatic N) is 4. The lowest BCUT2D eigenvalue weighted by Crippen LogP contribution is -2.35. The van der Waals surface area contributed by atoms with Crippen molar-refractivity contribution >= 4 is 11.8 Å². The van der Waals surface area contributed by atoms with Gasteiger partial charge < -0.3 is 9.80 Å². The molecule has 2 fully saturated rings. The molecule has 25 heavy (non-hydrogen) atoms. The molecule has 0 bridgehead atoms. The van der Waals surface area contributed by atoms with Crippen LogP contribution in [-0.4, -0.2) is 51.2 Å². The molecule has 0 spiro atoms. The monoisotopic (exact) mass is 340 g/mol. The van der Waals surface area contributed by atoms with Gasteiger partial charge in [-0.05, 0) is 17.7 Å². The zero-order chi connectivity index (χ0) is 17.4. The topological polar surface area (TPSA) is 66.4 Å². The Morgan fingerprint density at radius 3 is 2.84 bits per heavy atom. The van der Waals surface area contributed by atoms with Crippen molar-refractivity contribution in [2.75, 3.05) is 19.6 Å². The molecule has 1 aromatic carbocycles. The zero-order valence-corrected chi connectivity index (χ0v) is 13.5. The number of hydrogen-bond donors (Lipinski definition) is 0. The number of carbonyl (C=O) groups is 2. The van der Waals surface area contributed by atoms with Crippen molar-refractivity contribution in [1.82, 2.24) is 19.8 Å². The minimum Gasteiger partial charge on any atom is -0.338 e. The van der Waals surface area contributed by atoms with Crippen molar-refractivity contribution in [3.8, 4) is 0 Å². The Labute approximate surface area is 144 Å². The van der Waals surface area contributed by atoms with E-state index >= 15 is 0 Å². The van der Waals surface area contributed by atoms with E-state index in [9.17, 15) is 14.0 Å². The Kier molecular flexibility index (Phi) is 3.91. The summed E-state index contributed by atoms with van der Waals surface area (Å²) in [7, 11) is 0. The first kappa shape index (κ1) is 15.7. The Morgan fingerprint density at radius 1 is 1.24 bits per heavy atom. The first-order valence-electron chi connectivity index (χ1n) is 8.20. The van der Waals surface area contributed by atoms with Crippen molar-refractivity contribution in [2.45, 2.75) is 6.54 Å². The molecule has 0 N–H and O–H groups in total. The molecule has 3 heterocycles. The smallest absolute Gasteiger partial charge is 0.274 e. The lowest BCUT2D eigenvalue weighted by molar-refractivity contribution is -0.131. The second kappa shape index (κ2) is 6.23. The van der Waals surface area contributed by atoms with Crippen LogP contribution in [0.15, 0.2) is 42.9 Å². The highest BCUT2D eigenvalue weighted by atomic mass is 19.1. The highest BCUT2D eigenvalue weighted by Crippen LogP contribution is 2.33. The number of amides is 2. The zero-order valence-electron chi connectivity index (χ0n) is 13.5. The molecule has 2 amide bonds. The first-order chi connectivity index (χ1) is 12.1. The fourth-order valence-electron chi connectivity index (χ4n) is 3.68. The van der Waals surface area contributed by atoms with Gasteiger partial charge in [-0.2, -0.15) is 0 Å². The van der Waals surface area contributed by atoms with Gasteiger partial charge in [-0.1, -0.05) is 12.1 Å². The number of rotatable bonds is 3. The van der Waals surface area contributed by atoms with Crippen LogP contribution in [0.1, 0.15) is 16.1 Å². The minimum absolute atomic E-state index is 0.0312. The van der Waals surface area contributed by atoms with E-state index in [2.05, 4.69) is 9.97 Å². The van der Waals surface area contributed by atoms with Crippen LogP contribution in [0.3, 0.4) is 0 Å². The van der Waals surface area contributed by atoms with Gasteiger partial charge in [-0.15, -0.1) is 0 Å². The molecule has 128 valence electrons. The summed E-state index contributed by atoms with van der Waals surface area (Å²) in [6, 6.07) is 6.30. The summed E-state index contributed by atoms with van der Waals surface area (Å²) in [5.74, 6) is -0.531. The van der Waals surface area contributed by atoms with Crippen molar-refractivity contribution in [2.24, 2.45) is 11.8 Å². The number of benzene rings is 1. The molecule has 1 aromatic heterocycles. The van der Waals surface area contributed by atoms with Crippen LogP contribution in [0, 0.1) is 17.7 Å². The van der Waals surface area contributed by atoms with Crippen LogP contribution in [0.4, 0.5) is 4.39 Å². The molecule has 2 aliphatic heterocycles. The van der Waals surface area contributed by atoms with Gasteiger partial charge in [0.1, 0.15) is 11.5 Å². The van der Waals surface area contributed by atoms with Gasteiger partial charge in [0.2, 0.25) is 5.91 Å². The third-order valence-electron chi connectivity index (χ3n) is 4.86. The summed E-state index contributed by atoms with van der Waals surface area (Å²) in [4.78, 5) is 36.5. The summed E-state index contributed by atoms with van der Waals surface area (Å²) in [5, 5.41) is 0. The number of fused-ring (bicyclic) bond motifs is 1. The molecule has 2 saturated heterocycles. The van der Waals surface area contributed by atoms with Crippen molar-refractivity contribution in [3.63, 3.8) is 0 Å². The maximum absolute atomic E-state index is 13.3. The van der Waals surface area contributed by atoms with E-state index in [0.29, 0.717) is 31.9 Å². The Balaban J connectivity index is 1.42. The van der Waals surface area contributed by atoms with Gasteiger partial charge in [0.05, 0.1) is 12.1 Å². The predicted octanol–water partition coefficient (Wildman–Crippen LogP) is 1.35. The molecule has 0 aliphatic carbocycles. The maximum Gasteiger partial charge on any atom is 0.274 e. The highest BCUT2D eigenvalue weighted by Gasteiger charge is 2.47. The molecule has 0 saturated carbocycles. The van der Waals surface area contributed by atoms with Crippen molar-refractivity contribution in [1.29, 1.82) is 0 Å². The second-order valence-corrected chi connectivity index (χ2v) is 6.52. The quantitative estimate of drug-likeness (QED) is 0.846. The molecular weight excluding hydrogens is 323 g/mol. The summed E-state index contributed by atoms with van der Waals surface area (Å²) >= 11 is 0. The lowest BCUT2D eigenvalue weighted by Gasteiger charge is -2.21. The van der Waals surface area contributed by atoms with Gasteiger partial charge in [-0.3, -0.25) is 14.6 Å². The van der Waals surface area contributed by atoms with Crippen LogP contribution < -0.4 is 0 Å². The fourth-order valence-corrected chi connectivity index (χ4v) is 3.68. The summed E-state index contributed by atoms with van der Waals surface area (Å²) in [6.45, 7) is 1.93. The number of halogens is 1. The number of hydrogen-bond acceptors (Lipinski definition) is 4. The van der Waals surface area contributed by atoms with E-state index in [4.69, 9.17) is 0 Å². The number of carbonyl (C=O) groups excluding carboxylic acids is 2. The van der Waals surface area contributed by atoms with Crippen molar-refractivity contribution in [3.05, 3.63) is 59.9 Å². The molecule has 6 nitrogen and oxygen atoms in total. The molecular formula is C18H17FN4O2. The second-order valence-electron chi connectivity index (χ2n) is 6.52. The third kappa shape index (κ3) is 2.97. The Hall–Kier alpha value is -2.83. The molecule has 2 aliphatic rings. The molecule has 0 radical (unpaired) electrons. The van der Waals surface area contributed by atoms with Crippen LogP contribution in [-0.2, 0) is 11.3 Å². The average Bonchev–Trinajstić information content (AvgIpc) is 3.15. The maximum atomic E-state index is 13.3. The molecule has 7 heteroatoms. The predicted molar refractivity (Wildman–Crippen MR) is 86.7 cm³/mol. The Bertz CT molecular complexity index is 814.